The van der Waals surface area contributed by atoms with E-state index >= 15 is 0 Å². The van der Waals surface area contributed by atoms with Gasteiger partial charge in [0.1, 0.15) is 0 Å². The number of thiocarbonyl (C=S) groups is 1. The van der Waals surface area contributed by atoms with Gasteiger partial charge in [-0.1, -0.05) is 31.2 Å². The average Bonchev–Trinajstić information content (AvgIpc) is 3.46. The van der Waals surface area contributed by atoms with Gasteiger partial charge in [0.05, 0.1) is 23.3 Å². The zero-order chi connectivity index (χ0) is 29.1. The highest BCUT2D eigenvalue weighted by atomic mass is 32.1. The molecule has 0 aliphatic carbocycles. The zero-order valence-corrected chi connectivity index (χ0v) is 24.1. The summed E-state index contributed by atoms with van der Waals surface area (Å²) in [6.45, 7) is 6.58. The van der Waals surface area contributed by atoms with E-state index in [0.717, 1.165) is 46.0 Å². The van der Waals surface area contributed by atoms with Crippen molar-refractivity contribution >= 4 is 34.9 Å². The molecule has 1 fully saturated rings. The largest absolute Gasteiger partial charge is 0.478 e. The fourth-order valence-electron chi connectivity index (χ4n) is 5.61. The minimum Gasteiger partial charge on any atom is -0.478 e. The number of hydrogen-bond acceptors (Lipinski definition) is 4. The molecule has 5 rings (SSSR count). The first-order valence-corrected chi connectivity index (χ1v) is 14.1. The quantitative estimate of drug-likeness (QED) is 0.222. The van der Waals surface area contributed by atoms with E-state index in [0.29, 0.717) is 11.7 Å². The molecule has 3 N–H and O–H groups in total. The Hall–Kier alpha value is -4.50. The standard InChI is InChI=1S/C32H33N5O3S/c1-4-22-9-5-6-10-26(22)34-28(38)16-18-36-30(29(35-32(36)41)27-11-7-8-17-33-27)25-19-20(2)37(21(25)3)24-14-12-23(13-15-24)31(39)40/h5-15,17,19,29-30H,4,16,18H2,1-3H3,(H,34,38)(H,35,41)(H,39,40). The Kier molecular flexibility index (Phi) is 8.16. The van der Waals surface area contributed by atoms with Gasteiger partial charge in [0.15, 0.2) is 5.11 Å². The van der Waals surface area contributed by atoms with Gasteiger partial charge in [-0.3, -0.25) is 9.78 Å². The smallest absolute Gasteiger partial charge is 0.335 e. The van der Waals surface area contributed by atoms with Crippen LogP contribution in [0.3, 0.4) is 0 Å². The van der Waals surface area contributed by atoms with Gasteiger partial charge in [-0.05, 0) is 92.1 Å². The highest BCUT2D eigenvalue weighted by Gasteiger charge is 2.41. The van der Waals surface area contributed by atoms with Crippen LogP contribution in [-0.2, 0) is 11.2 Å². The number of carboxylic acid groups (broad SMARTS) is 1. The molecule has 2 aromatic heterocycles. The molecular formula is C32H33N5O3S. The number of aryl methyl sites for hydroxylation is 2. The lowest BCUT2D eigenvalue weighted by Crippen LogP contribution is -2.33. The summed E-state index contributed by atoms with van der Waals surface area (Å²) >= 11 is 5.82. The van der Waals surface area contributed by atoms with Crippen molar-refractivity contribution in [1.82, 2.24) is 19.8 Å². The Morgan fingerprint density at radius 3 is 2.46 bits per heavy atom. The molecule has 1 aliphatic heterocycles. The van der Waals surface area contributed by atoms with Crippen LogP contribution in [0.25, 0.3) is 5.69 Å². The maximum Gasteiger partial charge on any atom is 0.335 e. The number of carbonyl (C=O) groups is 2. The summed E-state index contributed by atoms with van der Waals surface area (Å²) in [5, 5.41) is 16.4. The molecular weight excluding hydrogens is 534 g/mol. The monoisotopic (exact) mass is 567 g/mol. The minimum absolute atomic E-state index is 0.0715. The van der Waals surface area contributed by atoms with Crippen LogP contribution < -0.4 is 10.6 Å². The molecule has 210 valence electrons. The summed E-state index contributed by atoms with van der Waals surface area (Å²) in [6, 6.07) is 22.3. The first-order valence-electron chi connectivity index (χ1n) is 13.7. The van der Waals surface area contributed by atoms with E-state index < -0.39 is 5.97 Å². The first-order chi connectivity index (χ1) is 19.8. The summed E-state index contributed by atoms with van der Waals surface area (Å²) in [5.41, 5.74) is 6.98. The first kappa shape index (κ1) is 28.0. The second-order valence-electron chi connectivity index (χ2n) is 10.1. The van der Waals surface area contributed by atoms with Crippen LogP contribution in [0, 0.1) is 13.8 Å². The van der Waals surface area contributed by atoms with E-state index in [9.17, 15) is 14.7 Å². The van der Waals surface area contributed by atoms with Crippen LogP contribution in [0.1, 0.15) is 64.0 Å². The Morgan fingerprint density at radius 2 is 1.78 bits per heavy atom. The minimum atomic E-state index is -0.959. The number of hydrogen-bond donors (Lipinski definition) is 3. The lowest BCUT2D eigenvalue weighted by atomic mass is 9.96. The van der Waals surface area contributed by atoms with E-state index in [4.69, 9.17) is 12.2 Å². The van der Waals surface area contributed by atoms with Crippen molar-refractivity contribution in [3.63, 3.8) is 0 Å². The zero-order valence-electron chi connectivity index (χ0n) is 23.3. The Balaban J connectivity index is 1.46. The summed E-state index contributed by atoms with van der Waals surface area (Å²) in [4.78, 5) is 31.2. The van der Waals surface area contributed by atoms with Crippen molar-refractivity contribution in [2.45, 2.75) is 45.7 Å². The number of carboxylic acids is 1. The molecule has 41 heavy (non-hydrogen) atoms. The molecule has 2 aromatic carbocycles. The normalized spacial score (nSPS) is 16.5. The second-order valence-corrected chi connectivity index (χ2v) is 10.5. The van der Waals surface area contributed by atoms with Gasteiger partial charge >= 0.3 is 5.97 Å². The highest BCUT2D eigenvalue weighted by molar-refractivity contribution is 7.80. The van der Waals surface area contributed by atoms with E-state index in [1.165, 1.54) is 0 Å². The molecule has 0 radical (unpaired) electrons. The van der Waals surface area contributed by atoms with Gasteiger partial charge in [-0.15, -0.1) is 0 Å². The number of amides is 1. The van der Waals surface area contributed by atoms with Gasteiger partial charge in [0.25, 0.3) is 0 Å². The average molecular weight is 568 g/mol. The molecule has 2 unspecified atom stereocenters. The SMILES string of the molecule is CCc1ccccc1NC(=O)CCN1C(=S)NC(c2ccccn2)C1c1cc(C)n(-c2ccc(C(=O)O)cc2)c1C. The Bertz CT molecular complexity index is 1580. The summed E-state index contributed by atoms with van der Waals surface area (Å²) in [6.07, 6.45) is 2.87. The van der Waals surface area contributed by atoms with Crippen LogP contribution in [0.2, 0.25) is 0 Å². The number of benzene rings is 2. The maximum atomic E-state index is 13.1. The van der Waals surface area contributed by atoms with Gasteiger partial charge in [0.2, 0.25) is 5.91 Å². The molecule has 0 saturated carbocycles. The summed E-state index contributed by atoms with van der Waals surface area (Å²) in [7, 11) is 0. The number of pyridine rings is 1. The van der Waals surface area contributed by atoms with Crippen molar-refractivity contribution in [3.8, 4) is 5.69 Å². The lowest BCUT2D eigenvalue weighted by molar-refractivity contribution is -0.116. The fraction of sp³-hybridized carbons (Fsp3) is 0.250. The molecule has 9 heteroatoms. The number of aromatic carboxylic acids is 1. The van der Waals surface area contributed by atoms with Crippen molar-refractivity contribution in [2.24, 2.45) is 0 Å². The summed E-state index contributed by atoms with van der Waals surface area (Å²) in [5.74, 6) is -1.03. The second kappa shape index (κ2) is 11.9. The summed E-state index contributed by atoms with van der Waals surface area (Å²) < 4.78 is 2.12. The number of nitrogens with zero attached hydrogens (tertiary/aromatic N) is 3. The predicted octanol–water partition coefficient (Wildman–Crippen LogP) is 5.75. The molecule has 4 aromatic rings. The molecule has 2 atom stereocenters. The van der Waals surface area contributed by atoms with Crippen molar-refractivity contribution in [2.75, 3.05) is 11.9 Å². The number of aromatic nitrogens is 2. The van der Waals surface area contributed by atoms with Gasteiger partial charge in [-0.2, -0.15) is 0 Å². The number of nitrogens with one attached hydrogen (secondary N) is 2. The van der Waals surface area contributed by atoms with Gasteiger partial charge < -0.3 is 25.2 Å². The van der Waals surface area contributed by atoms with Crippen molar-refractivity contribution in [3.05, 3.63) is 113 Å². The number of anilines is 1. The number of rotatable bonds is 9. The maximum absolute atomic E-state index is 13.1. The van der Waals surface area contributed by atoms with Gasteiger partial charge in [0, 0.05) is 41.9 Å². The molecule has 0 spiro atoms. The Morgan fingerprint density at radius 1 is 1.05 bits per heavy atom. The van der Waals surface area contributed by atoms with Gasteiger partial charge in [-0.25, -0.2) is 4.79 Å². The van der Waals surface area contributed by atoms with Crippen molar-refractivity contribution < 1.29 is 14.7 Å². The highest BCUT2D eigenvalue weighted by Crippen LogP contribution is 2.41. The van der Waals surface area contributed by atoms with E-state index in [1.54, 1.807) is 18.3 Å². The van der Waals surface area contributed by atoms with Crippen LogP contribution >= 0.6 is 12.2 Å². The Labute approximate surface area is 245 Å². The van der Waals surface area contributed by atoms with Crippen molar-refractivity contribution in [1.29, 1.82) is 0 Å². The molecule has 1 amide bonds. The number of para-hydroxylation sites is 1. The van der Waals surface area contributed by atoms with Crippen LogP contribution in [0.5, 0.6) is 0 Å². The van der Waals surface area contributed by atoms with Crippen LogP contribution in [0.4, 0.5) is 5.69 Å². The molecule has 0 bridgehead atoms. The van der Waals surface area contributed by atoms with Crippen LogP contribution in [0.15, 0.2) is 79.0 Å². The topological polar surface area (TPSA) is 99.5 Å². The molecule has 3 heterocycles. The third kappa shape index (κ3) is 5.71. The molecule has 1 aliphatic rings. The van der Waals surface area contributed by atoms with E-state index in [-0.39, 0.29) is 30.0 Å². The fourth-order valence-corrected chi connectivity index (χ4v) is 5.94. The lowest BCUT2D eigenvalue weighted by Gasteiger charge is -2.28. The third-order valence-corrected chi connectivity index (χ3v) is 7.96. The number of carbonyl (C=O) groups excluding carboxylic acids is 1. The predicted molar refractivity (Wildman–Crippen MR) is 163 cm³/mol. The third-order valence-electron chi connectivity index (χ3n) is 7.61. The van der Waals surface area contributed by atoms with Crippen LogP contribution in [-0.4, -0.2) is 43.1 Å². The molecule has 1 saturated heterocycles. The molecule has 8 nitrogen and oxygen atoms in total. The van der Waals surface area contributed by atoms with E-state index in [1.807, 2.05) is 61.5 Å². The van der Waals surface area contributed by atoms with E-state index in [2.05, 4.69) is 45.0 Å².